The summed E-state index contributed by atoms with van der Waals surface area (Å²) in [6.45, 7) is 3.74. The summed E-state index contributed by atoms with van der Waals surface area (Å²) >= 11 is 0. The third-order valence-electron chi connectivity index (χ3n) is 4.11. The van der Waals surface area contributed by atoms with Crippen LogP contribution in [0.5, 0.6) is 0 Å². The number of halogens is 2. The molecule has 0 N–H and O–H groups in total. The highest BCUT2D eigenvalue weighted by atomic mass is 19.2. The van der Waals surface area contributed by atoms with Crippen molar-refractivity contribution < 1.29 is 8.78 Å². The lowest BCUT2D eigenvalue weighted by molar-refractivity contribution is 0.496. The Morgan fingerprint density at radius 3 is 2.30 bits per heavy atom. The van der Waals surface area contributed by atoms with Crippen LogP contribution in [0.15, 0.2) is 43.0 Å². The van der Waals surface area contributed by atoms with Crippen LogP contribution < -0.4 is 0 Å². The van der Waals surface area contributed by atoms with E-state index in [1.54, 1.807) is 0 Å². The summed E-state index contributed by atoms with van der Waals surface area (Å²) in [6, 6.07) is 11.0. The van der Waals surface area contributed by atoms with Crippen molar-refractivity contribution in [2.24, 2.45) is 0 Å². The molecule has 0 nitrogen and oxygen atoms in total. The smallest absolute Gasteiger partial charge is 0.159 e. The van der Waals surface area contributed by atoms with E-state index in [0.29, 0.717) is 5.92 Å². The second-order valence-electron chi connectivity index (χ2n) is 5.35. The molecule has 0 fully saturated rings. The first-order valence-electron chi connectivity index (χ1n) is 6.86. The van der Waals surface area contributed by atoms with Gasteiger partial charge in [0.25, 0.3) is 0 Å². The summed E-state index contributed by atoms with van der Waals surface area (Å²) in [5.74, 6) is -1.10. The molecular formula is C18H16F2. The third-order valence-corrected chi connectivity index (χ3v) is 4.11. The van der Waals surface area contributed by atoms with Crippen LogP contribution in [0.25, 0.3) is 6.08 Å². The predicted octanol–water partition coefficient (Wildman–Crippen LogP) is 4.88. The van der Waals surface area contributed by atoms with E-state index in [1.807, 2.05) is 18.2 Å². The van der Waals surface area contributed by atoms with Crippen LogP contribution in [-0.4, -0.2) is 0 Å². The minimum absolute atomic E-state index is 0.381. The van der Waals surface area contributed by atoms with Gasteiger partial charge < -0.3 is 0 Å². The van der Waals surface area contributed by atoms with Gasteiger partial charge in [-0.15, -0.1) is 0 Å². The number of fused-ring (bicyclic) bond motifs is 1. The number of hydrogen-bond acceptors (Lipinski definition) is 0. The molecule has 2 aromatic rings. The molecule has 0 amide bonds. The lowest BCUT2D eigenvalue weighted by Crippen LogP contribution is -2.13. The Hall–Kier alpha value is -1.96. The summed E-state index contributed by atoms with van der Waals surface area (Å²) in [4.78, 5) is 0. The zero-order chi connectivity index (χ0) is 14.1. The van der Waals surface area contributed by atoms with Gasteiger partial charge in [-0.2, -0.15) is 0 Å². The number of aryl methyl sites for hydroxylation is 1. The van der Waals surface area contributed by atoms with Crippen LogP contribution >= 0.6 is 0 Å². The van der Waals surface area contributed by atoms with Gasteiger partial charge in [0.1, 0.15) is 0 Å². The fourth-order valence-corrected chi connectivity index (χ4v) is 2.94. The molecule has 102 valence electrons. The SMILES string of the molecule is C=Cc1ccc(C2CCc3cc(F)c(F)cc3C2)cc1. The second-order valence-corrected chi connectivity index (χ2v) is 5.35. The second kappa shape index (κ2) is 5.20. The molecule has 1 aliphatic rings. The van der Waals surface area contributed by atoms with Gasteiger partial charge in [-0.05, 0) is 59.6 Å². The molecular weight excluding hydrogens is 254 g/mol. The van der Waals surface area contributed by atoms with Crippen LogP contribution in [0.1, 0.15) is 34.6 Å². The van der Waals surface area contributed by atoms with Gasteiger partial charge in [-0.25, -0.2) is 8.78 Å². The summed E-state index contributed by atoms with van der Waals surface area (Å²) in [5.41, 5.74) is 4.24. The zero-order valence-electron chi connectivity index (χ0n) is 11.2. The lowest BCUT2D eigenvalue weighted by Gasteiger charge is -2.25. The number of benzene rings is 2. The van der Waals surface area contributed by atoms with E-state index in [1.165, 1.54) is 17.7 Å². The van der Waals surface area contributed by atoms with Gasteiger partial charge in [0.05, 0.1) is 0 Å². The van der Waals surface area contributed by atoms with Gasteiger partial charge in [0.2, 0.25) is 0 Å². The Morgan fingerprint density at radius 1 is 1.00 bits per heavy atom. The van der Waals surface area contributed by atoms with E-state index in [4.69, 9.17) is 0 Å². The van der Waals surface area contributed by atoms with Gasteiger partial charge in [0, 0.05) is 0 Å². The first kappa shape index (κ1) is 13.0. The number of hydrogen-bond donors (Lipinski definition) is 0. The Kier molecular flexibility index (Phi) is 3.39. The summed E-state index contributed by atoms with van der Waals surface area (Å²) < 4.78 is 26.6. The van der Waals surface area contributed by atoms with E-state index >= 15 is 0 Å². The highest BCUT2D eigenvalue weighted by molar-refractivity contribution is 5.48. The van der Waals surface area contributed by atoms with Crippen molar-refractivity contribution in [3.63, 3.8) is 0 Å². The molecule has 1 unspecified atom stereocenters. The van der Waals surface area contributed by atoms with Gasteiger partial charge in [-0.3, -0.25) is 0 Å². The Labute approximate surface area is 117 Å². The van der Waals surface area contributed by atoms with E-state index in [0.717, 1.165) is 36.0 Å². The van der Waals surface area contributed by atoms with Crippen LogP contribution in [0.3, 0.4) is 0 Å². The molecule has 0 aliphatic heterocycles. The minimum Gasteiger partial charge on any atom is -0.204 e. The molecule has 0 saturated carbocycles. The van der Waals surface area contributed by atoms with Crippen molar-refractivity contribution in [1.82, 2.24) is 0 Å². The van der Waals surface area contributed by atoms with Gasteiger partial charge >= 0.3 is 0 Å². The predicted molar refractivity (Wildman–Crippen MR) is 77.7 cm³/mol. The molecule has 0 saturated heterocycles. The van der Waals surface area contributed by atoms with Crippen molar-refractivity contribution in [2.75, 3.05) is 0 Å². The Morgan fingerprint density at radius 2 is 1.65 bits per heavy atom. The van der Waals surface area contributed by atoms with E-state index < -0.39 is 11.6 Å². The Bertz CT molecular complexity index is 641. The molecule has 1 atom stereocenters. The molecule has 0 aromatic heterocycles. The fourth-order valence-electron chi connectivity index (χ4n) is 2.94. The van der Waals surface area contributed by atoms with E-state index in [-0.39, 0.29) is 0 Å². The standard InChI is InChI=1S/C18H16F2/c1-2-12-3-5-13(6-4-12)14-7-8-15-10-17(19)18(20)11-16(15)9-14/h2-6,10-11,14H,1,7-9H2. The third kappa shape index (κ3) is 2.38. The van der Waals surface area contributed by atoms with E-state index in [2.05, 4.69) is 18.7 Å². The molecule has 0 bridgehead atoms. The molecule has 2 aromatic carbocycles. The molecule has 20 heavy (non-hydrogen) atoms. The molecule has 3 rings (SSSR count). The quantitative estimate of drug-likeness (QED) is 0.729. The van der Waals surface area contributed by atoms with Gasteiger partial charge in [0.15, 0.2) is 11.6 Å². The lowest BCUT2D eigenvalue weighted by atomic mass is 9.80. The summed E-state index contributed by atoms with van der Waals surface area (Å²) in [6.07, 6.45) is 4.38. The first-order chi connectivity index (χ1) is 9.67. The van der Waals surface area contributed by atoms with Gasteiger partial charge in [-0.1, -0.05) is 36.9 Å². The maximum atomic E-state index is 13.3. The van der Waals surface area contributed by atoms with Crippen molar-refractivity contribution in [3.05, 3.63) is 76.9 Å². The minimum atomic E-state index is -0.744. The highest BCUT2D eigenvalue weighted by Crippen LogP contribution is 2.33. The van der Waals surface area contributed by atoms with Crippen molar-refractivity contribution in [1.29, 1.82) is 0 Å². The molecule has 2 heteroatoms. The monoisotopic (exact) mass is 270 g/mol. The normalized spacial score (nSPS) is 17.6. The zero-order valence-corrected chi connectivity index (χ0v) is 11.2. The summed E-state index contributed by atoms with van der Waals surface area (Å²) in [5, 5.41) is 0. The van der Waals surface area contributed by atoms with E-state index in [9.17, 15) is 8.78 Å². The molecule has 1 aliphatic carbocycles. The first-order valence-corrected chi connectivity index (χ1v) is 6.86. The summed E-state index contributed by atoms with van der Waals surface area (Å²) in [7, 11) is 0. The number of rotatable bonds is 2. The van der Waals surface area contributed by atoms with Crippen molar-refractivity contribution in [2.45, 2.75) is 25.2 Å². The maximum Gasteiger partial charge on any atom is 0.159 e. The van der Waals surface area contributed by atoms with Crippen molar-refractivity contribution in [3.8, 4) is 0 Å². The van der Waals surface area contributed by atoms with Crippen molar-refractivity contribution >= 4 is 6.08 Å². The average Bonchev–Trinajstić information content (AvgIpc) is 2.48. The van der Waals surface area contributed by atoms with Crippen LogP contribution in [0.2, 0.25) is 0 Å². The Balaban J connectivity index is 1.87. The largest absolute Gasteiger partial charge is 0.204 e. The fraction of sp³-hybridized carbons (Fsp3) is 0.222. The van der Waals surface area contributed by atoms with Crippen LogP contribution in [0, 0.1) is 11.6 Å². The highest BCUT2D eigenvalue weighted by Gasteiger charge is 2.21. The molecule has 0 spiro atoms. The molecule has 0 radical (unpaired) electrons. The van der Waals surface area contributed by atoms with Crippen LogP contribution in [-0.2, 0) is 12.8 Å². The molecule has 0 heterocycles. The maximum absolute atomic E-state index is 13.3. The van der Waals surface area contributed by atoms with Crippen LogP contribution in [0.4, 0.5) is 8.78 Å². The topological polar surface area (TPSA) is 0 Å². The average molecular weight is 270 g/mol.